The average Bonchev–Trinajstić information content (AvgIpc) is 2.60. The first-order valence-corrected chi connectivity index (χ1v) is 9.51. The molecule has 1 rings (SSSR count). The number of hydrogen-bond donors (Lipinski definition) is 3. The number of carboxylic acid groups (broad SMARTS) is 1. The lowest BCUT2D eigenvalue weighted by molar-refractivity contribution is 0.198. The summed E-state index contributed by atoms with van der Waals surface area (Å²) in [5.41, 5.74) is 0.931. The number of amides is 1. The molecule has 0 saturated heterocycles. The van der Waals surface area contributed by atoms with E-state index >= 15 is 0 Å². The van der Waals surface area contributed by atoms with E-state index in [-0.39, 0.29) is 10.4 Å². The number of hydrogen-bond acceptors (Lipinski definition) is 2. The van der Waals surface area contributed by atoms with Gasteiger partial charge in [0, 0.05) is 0 Å². The molecular formula is C20H34N3O2+. The molecule has 0 aliphatic heterocycles. The van der Waals surface area contributed by atoms with Crippen molar-refractivity contribution >= 4 is 17.7 Å². The van der Waals surface area contributed by atoms with Crippen molar-refractivity contribution in [2.45, 2.75) is 64.7 Å². The van der Waals surface area contributed by atoms with Crippen LogP contribution in [0.1, 0.15) is 64.7 Å². The quantitative estimate of drug-likeness (QED) is 0.218. The molecule has 1 aromatic rings. The zero-order valence-electron chi connectivity index (χ0n) is 15.8. The lowest BCUT2D eigenvalue weighted by Gasteiger charge is -2.32. The number of carbonyl (C=O) groups is 1. The Balaban J connectivity index is 2.47. The highest BCUT2D eigenvalue weighted by molar-refractivity contribution is 5.97. The summed E-state index contributed by atoms with van der Waals surface area (Å²) in [5, 5.41) is 19.4. The molecule has 0 saturated carbocycles. The standard InChI is InChI=1S/C20H33N3O2/c1-3-4-5-6-7-8-9-10-14-17-23(2,19(21)22-20(24)25)18-15-12-11-13-16-18/h11-13,15-16H,3-10,14,17H2,1-2H3,(H2-,21,22,24,25)/p+1. The van der Waals surface area contributed by atoms with Gasteiger partial charge in [-0.25, -0.2) is 20.0 Å². The van der Waals surface area contributed by atoms with Crippen LogP contribution < -0.4 is 9.80 Å². The van der Waals surface area contributed by atoms with E-state index in [2.05, 4.69) is 12.2 Å². The van der Waals surface area contributed by atoms with Gasteiger partial charge in [0.05, 0.1) is 13.6 Å². The molecule has 3 N–H and O–H groups in total. The van der Waals surface area contributed by atoms with Crippen LogP contribution in [-0.2, 0) is 0 Å². The molecule has 1 aromatic carbocycles. The van der Waals surface area contributed by atoms with Gasteiger partial charge in [0.2, 0.25) is 0 Å². The van der Waals surface area contributed by atoms with E-state index in [0.29, 0.717) is 0 Å². The number of nitrogens with zero attached hydrogens (tertiary/aromatic N) is 1. The monoisotopic (exact) mass is 348 g/mol. The van der Waals surface area contributed by atoms with Crippen LogP contribution in [0.3, 0.4) is 0 Å². The summed E-state index contributed by atoms with van der Waals surface area (Å²) in [4.78, 5) is 10.9. The first-order valence-electron chi connectivity index (χ1n) is 9.51. The highest BCUT2D eigenvalue weighted by atomic mass is 16.4. The first-order chi connectivity index (χ1) is 12.0. The molecule has 1 atom stereocenters. The van der Waals surface area contributed by atoms with Crippen molar-refractivity contribution in [1.82, 2.24) is 9.80 Å². The molecule has 1 amide bonds. The molecule has 25 heavy (non-hydrogen) atoms. The fourth-order valence-corrected chi connectivity index (χ4v) is 3.09. The van der Waals surface area contributed by atoms with Gasteiger partial charge in [-0.15, -0.1) is 0 Å². The molecule has 0 aliphatic carbocycles. The Hall–Kier alpha value is -1.88. The summed E-state index contributed by atoms with van der Waals surface area (Å²) in [6.07, 6.45) is 10.00. The van der Waals surface area contributed by atoms with Crippen molar-refractivity contribution in [2.75, 3.05) is 13.6 Å². The van der Waals surface area contributed by atoms with Gasteiger partial charge in [0.25, 0.3) is 0 Å². The summed E-state index contributed by atoms with van der Waals surface area (Å²) < 4.78 is 0.184. The van der Waals surface area contributed by atoms with Gasteiger partial charge < -0.3 is 5.11 Å². The maximum atomic E-state index is 10.9. The molecular weight excluding hydrogens is 314 g/mol. The van der Waals surface area contributed by atoms with Gasteiger partial charge in [0.15, 0.2) is 0 Å². The highest BCUT2D eigenvalue weighted by Gasteiger charge is 2.32. The molecule has 0 aliphatic rings. The minimum atomic E-state index is -1.18. The third-order valence-corrected chi connectivity index (χ3v) is 4.75. The molecule has 140 valence electrons. The number of nitrogens with one attached hydrogen (secondary N) is 2. The van der Waals surface area contributed by atoms with E-state index < -0.39 is 6.09 Å². The first kappa shape index (κ1) is 21.2. The Bertz CT molecular complexity index is 519. The largest absolute Gasteiger partial charge is 0.465 e. The Morgan fingerprint density at radius 1 is 1.00 bits per heavy atom. The molecule has 0 aromatic heterocycles. The molecule has 0 spiro atoms. The van der Waals surface area contributed by atoms with E-state index in [0.717, 1.165) is 25.1 Å². The van der Waals surface area contributed by atoms with Crippen molar-refractivity contribution in [2.24, 2.45) is 0 Å². The Morgan fingerprint density at radius 3 is 2.04 bits per heavy atom. The van der Waals surface area contributed by atoms with Crippen LogP contribution in [0.2, 0.25) is 0 Å². The molecule has 5 nitrogen and oxygen atoms in total. The maximum absolute atomic E-state index is 10.9. The van der Waals surface area contributed by atoms with Crippen LogP contribution in [0.5, 0.6) is 0 Å². The zero-order chi connectivity index (χ0) is 18.5. The van der Waals surface area contributed by atoms with Crippen molar-refractivity contribution < 1.29 is 9.90 Å². The average molecular weight is 349 g/mol. The van der Waals surface area contributed by atoms with E-state index in [1.54, 1.807) is 0 Å². The zero-order valence-corrected chi connectivity index (χ0v) is 15.8. The molecule has 0 heterocycles. The normalized spacial score (nSPS) is 13.2. The fraction of sp³-hybridized carbons (Fsp3) is 0.600. The summed E-state index contributed by atoms with van der Waals surface area (Å²) in [6.45, 7) is 2.96. The van der Waals surface area contributed by atoms with Gasteiger partial charge in [-0.3, -0.25) is 0 Å². The molecule has 0 bridgehead atoms. The van der Waals surface area contributed by atoms with Crippen LogP contribution in [0.15, 0.2) is 30.3 Å². The second-order valence-corrected chi connectivity index (χ2v) is 6.86. The third-order valence-electron chi connectivity index (χ3n) is 4.75. The molecule has 5 heteroatoms. The van der Waals surface area contributed by atoms with Gasteiger partial charge in [-0.2, -0.15) is 0 Å². The van der Waals surface area contributed by atoms with Gasteiger partial charge in [-0.05, 0) is 25.0 Å². The summed E-state index contributed by atoms with van der Waals surface area (Å²) in [7, 11) is 1.90. The minimum absolute atomic E-state index is 0.00161. The predicted molar refractivity (Wildman–Crippen MR) is 105 cm³/mol. The Labute approximate surface area is 152 Å². The third kappa shape index (κ3) is 7.69. The number of rotatable bonds is 11. The molecule has 1 unspecified atom stereocenters. The van der Waals surface area contributed by atoms with E-state index in [1.807, 2.05) is 37.4 Å². The van der Waals surface area contributed by atoms with Crippen LogP contribution in [0.4, 0.5) is 10.5 Å². The fourth-order valence-electron chi connectivity index (χ4n) is 3.09. The summed E-state index contributed by atoms with van der Waals surface area (Å²) >= 11 is 0. The van der Waals surface area contributed by atoms with Crippen LogP contribution in [0, 0.1) is 5.41 Å². The Kier molecular flexibility index (Phi) is 9.85. The molecule has 0 radical (unpaired) electrons. The second-order valence-electron chi connectivity index (χ2n) is 6.86. The lowest BCUT2D eigenvalue weighted by atomic mass is 10.1. The van der Waals surface area contributed by atoms with Crippen molar-refractivity contribution in [3.8, 4) is 0 Å². The van der Waals surface area contributed by atoms with E-state index in [9.17, 15) is 4.79 Å². The highest BCUT2D eigenvalue weighted by Crippen LogP contribution is 2.22. The van der Waals surface area contributed by atoms with E-state index in [1.165, 1.54) is 44.9 Å². The number of unbranched alkanes of at least 4 members (excludes halogenated alkanes) is 8. The SMILES string of the molecule is CCCCCCCCCCC[N+](C)(C(=N)NC(=O)O)c1ccccc1. The van der Waals surface area contributed by atoms with Crippen molar-refractivity contribution in [1.29, 1.82) is 5.41 Å². The van der Waals surface area contributed by atoms with Gasteiger partial charge in [0.1, 0.15) is 5.69 Å². The second kappa shape index (κ2) is 11.6. The number of quaternary nitrogens is 1. The van der Waals surface area contributed by atoms with Gasteiger partial charge >= 0.3 is 12.1 Å². The van der Waals surface area contributed by atoms with Crippen molar-refractivity contribution in [3.63, 3.8) is 0 Å². The number of para-hydroxylation sites is 1. The van der Waals surface area contributed by atoms with Gasteiger partial charge in [-0.1, -0.05) is 70.1 Å². The van der Waals surface area contributed by atoms with Crippen molar-refractivity contribution in [3.05, 3.63) is 30.3 Å². The topological polar surface area (TPSA) is 73.2 Å². The summed E-state index contributed by atoms with van der Waals surface area (Å²) in [5.74, 6) is -0.00161. The lowest BCUT2D eigenvalue weighted by Crippen LogP contribution is -2.57. The van der Waals surface area contributed by atoms with Crippen LogP contribution in [0.25, 0.3) is 0 Å². The summed E-state index contributed by atoms with van der Waals surface area (Å²) in [6, 6.07) is 9.69. The van der Waals surface area contributed by atoms with Crippen LogP contribution >= 0.6 is 0 Å². The molecule has 0 fully saturated rings. The number of benzene rings is 1. The predicted octanol–water partition coefficient (Wildman–Crippen LogP) is 5.36. The Morgan fingerprint density at radius 2 is 1.52 bits per heavy atom. The van der Waals surface area contributed by atoms with E-state index in [4.69, 9.17) is 10.5 Å². The maximum Gasteiger partial charge on any atom is 0.414 e. The number of guanidine groups is 1. The van der Waals surface area contributed by atoms with Crippen LogP contribution in [-0.4, -0.2) is 30.8 Å². The minimum Gasteiger partial charge on any atom is -0.465 e. The smallest absolute Gasteiger partial charge is 0.414 e.